The van der Waals surface area contributed by atoms with Crippen LogP contribution in [0.2, 0.25) is 0 Å². The molecule has 0 unspecified atom stereocenters. The van der Waals surface area contributed by atoms with Gasteiger partial charge in [0.05, 0.1) is 5.69 Å². The van der Waals surface area contributed by atoms with E-state index >= 15 is 0 Å². The topological polar surface area (TPSA) is 53.9 Å². The lowest BCUT2D eigenvalue weighted by Crippen LogP contribution is -2.38. The number of likely N-dealkylation sites (tertiary alicyclic amines) is 1. The number of piperidine rings is 1. The van der Waals surface area contributed by atoms with Gasteiger partial charge >= 0.3 is 6.36 Å². The Hall–Kier alpha value is -2.81. The summed E-state index contributed by atoms with van der Waals surface area (Å²) in [5.41, 5.74) is 3.07. The summed E-state index contributed by atoms with van der Waals surface area (Å²) in [5, 5.41) is 3.04. The fourth-order valence-electron chi connectivity index (χ4n) is 3.43. The molecule has 0 saturated carbocycles. The van der Waals surface area contributed by atoms with Crippen LogP contribution in [0.25, 0.3) is 0 Å². The number of hydrogen-bond donors (Lipinski definition) is 1. The molecule has 1 aliphatic rings. The molecular weight excluding hydrogens is 487 g/mol. The van der Waals surface area contributed by atoms with Gasteiger partial charge < -0.3 is 15.0 Å². The first-order valence-electron chi connectivity index (χ1n) is 10.0. The minimum Gasteiger partial charge on any atom is -0.406 e. The summed E-state index contributed by atoms with van der Waals surface area (Å²) >= 11 is 3.59. The first kappa shape index (κ1) is 23.8. The van der Waals surface area contributed by atoms with Gasteiger partial charge in [0, 0.05) is 40.4 Å². The third-order valence-corrected chi connectivity index (χ3v) is 5.91. The molecule has 5 nitrogen and oxygen atoms in total. The highest BCUT2D eigenvalue weighted by Gasteiger charge is 2.31. The molecule has 0 atom stereocenters. The molecule has 0 aliphatic carbocycles. The average molecular weight is 510 g/mol. The van der Waals surface area contributed by atoms with Crippen molar-refractivity contribution in [3.05, 3.63) is 66.4 Å². The fraction of sp³-hybridized carbons (Fsp3) is 0.304. The summed E-state index contributed by atoms with van der Waals surface area (Å²) in [6.45, 7) is 6.89. The Morgan fingerprint density at radius 2 is 1.88 bits per heavy atom. The second kappa shape index (κ2) is 10.2. The fourth-order valence-corrected chi connectivity index (χ4v) is 3.84. The summed E-state index contributed by atoms with van der Waals surface area (Å²) in [4.78, 5) is 19.7. The molecule has 1 amide bonds. The first-order chi connectivity index (χ1) is 15.2. The van der Waals surface area contributed by atoms with E-state index in [0.29, 0.717) is 40.6 Å². The third-order valence-electron chi connectivity index (χ3n) is 4.99. The van der Waals surface area contributed by atoms with Gasteiger partial charge in [-0.25, -0.2) is 0 Å². The largest absolute Gasteiger partial charge is 0.573 e. The molecule has 2 aromatic rings. The summed E-state index contributed by atoms with van der Waals surface area (Å²) in [7, 11) is 0. The molecule has 0 spiro atoms. The highest BCUT2D eigenvalue weighted by Crippen LogP contribution is 2.27. The van der Waals surface area contributed by atoms with Crippen molar-refractivity contribution in [2.75, 3.05) is 18.4 Å². The zero-order valence-corrected chi connectivity index (χ0v) is 19.0. The molecule has 1 aliphatic heterocycles. The van der Waals surface area contributed by atoms with Gasteiger partial charge in [-0.2, -0.15) is 0 Å². The van der Waals surface area contributed by atoms with Gasteiger partial charge in [-0.1, -0.05) is 28.6 Å². The van der Waals surface area contributed by atoms with Crippen LogP contribution in [0.3, 0.4) is 0 Å². The Balaban J connectivity index is 1.81. The quantitative estimate of drug-likeness (QED) is 0.368. The Bertz CT molecular complexity index is 999. The number of carbonyl (C=O) groups excluding carboxylic acids is 1. The number of nitrogens with zero attached hydrogens (tertiary/aromatic N) is 2. The van der Waals surface area contributed by atoms with E-state index in [-0.39, 0.29) is 11.7 Å². The lowest BCUT2D eigenvalue weighted by molar-refractivity contribution is -0.274. The third kappa shape index (κ3) is 6.35. The highest BCUT2D eigenvalue weighted by atomic mass is 79.9. The molecule has 32 heavy (non-hydrogen) atoms. The zero-order chi connectivity index (χ0) is 23.3. The van der Waals surface area contributed by atoms with E-state index in [9.17, 15) is 18.0 Å². The predicted octanol–water partition coefficient (Wildman–Crippen LogP) is 6.28. The minimum absolute atomic E-state index is 0.0297. The average Bonchev–Trinajstić information content (AvgIpc) is 2.74. The number of nitrogens with one attached hydrogen (secondary N) is 1. The second-order valence-corrected chi connectivity index (χ2v) is 8.61. The molecule has 9 heteroatoms. The SMILES string of the molecule is C=CNc1cc(C(=O)N2CCC(Br)CC2)ccc1C(C)=Nc1ccc(OC(F)(F)F)cc1. The monoisotopic (exact) mass is 509 g/mol. The minimum atomic E-state index is -4.74. The molecule has 1 fully saturated rings. The van der Waals surface area contributed by atoms with E-state index in [2.05, 4.69) is 37.6 Å². The van der Waals surface area contributed by atoms with E-state index in [4.69, 9.17) is 0 Å². The van der Waals surface area contributed by atoms with Crippen LogP contribution in [0.1, 0.15) is 35.7 Å². The van der Waals surface area contributed by atoms with Gasteiger partial charge in [0.2, 0.25) is 0 Å². The van der Waals surface area contributed by atoms with E-state index in [1.54, 1.807) is 25.1 Å². The summed E-state index contributed by atoms with van der Waals surface area (Å²) in [6.07, 6.45) is -1.39. The van der Waals surface area contributed by atoms with Crippen LogP contribution in [0, 0.1) is 0 Å². The van der Waals surface area contributed by atoms with Crippen molar-refractivity contribution in [1.82, 2.24) is 4.90 Å². The predicted molar refractivity (Wildman–Crippen MR) is 123 cm³/mol. The number of benzene rings is 2. The second-order valence-electron chi connectivity index (χ2n) is 7.31. The van der Waals surface area contributed by atoms with Crippen molar-refractivity contribution in [3.63, 3.8) is 0 Å². The van der Waals surface area contributed by atoms with Gasteiger partial charge in [-0.3, -0.25) is 9.79 Å². The highest BCUT2D eigenvalue weighted by molar-refractivity contribution is 9.09. The van der Waals surface area contributed by atoms with Crippen molar-refractivity contribution < 1.29 is 22.7 Å². The van der Waals surface area contributed by atoms with E-state index in [1.807, 2.05) is 4.90 Å². The van der Waals surface area contributed by atoms with Crippen LogP contribution >= 0.6 is 15.9 Å². The van der Waals surface area contributed by atoms with Crippen LogP contribution < -0.4 is 10.1 Å². The Morgan fingerprint density at radius 1 is 1.22 bits per heavy atom. The molecule has 3 rings (SSSR count). The van der Waals surface area contributed by atoms with Crippen molar-refractivity contribution >= 4 is 38.9 Å². The summed E-state index contributed by atoms with van der Waals surface area (Å²) in [5.74, 6) is -0.340. The van der Waals surface area contributed by atoms with Crippen LogP contribution in [0.15, 0.2) is 60.2 Å². The summed E-state index contributed by atoms with van der Waals surface area (Å²) in [6, 6.07) is 10.6. The number of anilines is 1. The van der Waals surface area contributed by atoms with Crippen molar-refractivity contribution in [2.45, 2.75) is 31.0 Å². The van der Waals surface area contributed by atoms with Gasteiger partial charge in [0.1, 0.15) is 5.75 Å². The Kier molecular flexibility index (Phi) is 7.60. The molecule has 1 saturated heterocycles. The van der Waals surface area contributed by atoms with Crippen molar-refractivity contribution in [3.8, 4) is 5.75 Å². The van der Waals surface area contributed by atoms with Gasteiger partial charge in [0.25, 0.3) is 5.91 Å². The Morgan fingerprint density at radius 3 is 2.47 bits per heavy atom. The van der Waals surface area contributed by atoms with Crippen LogP contribution in [-0.2, 0) is 0 Å². The number of rotatable bonds is 6. The maximum atomic E-state index is 12.9. The van der Waals surface area contributed by atoms with Crippen LogP contribution in [0.5, 0.6) is 5.75 Å². The maximum Gasteiger partial charge on any atom is 0.573 e. The normalized spacial score (nSPS) is 15.4. The van der Waals surface area contributed by atoms with Crippen LogP contribution in [0.4, 0.5) is 24.5 Å². The number of halogens is 4. The Labute approximate surface area is 193 Å². The van der Waals surface area contributed by atoms with E-state index in [1.165, 1.54) is 30.5 Å². The lowest BCUT2D eigenvalue weighted by atomic mass is 10.0. The zero-order valence-electron chi connectivity index (χ0n) is 17.5. The summed E-state index contributed by atoms with van der Waals surface area (Å²) < 4.78 is 40.8. The van der Waals surface area contributed by atoms with Gasteiger partial charge in [0.15, 0.2) is 0 Å². The van der Waals surface area contributed by atoms with E-state index in [0.717, 1.165) is 18.4 Å². The van der Waals surface area contributed by atoms with Crippen molar-refractivity contribution in [2.24, 2.45) is 4.99 Å². The number of amides is 1. The van der Waals surface area contributed by atoms with Crippen molar-refractivity contribution in [1.29, 1.82) is 0 Å². The molecule has 0 aromatic heterocycles. The van der Waals surface area contributed by atoms with Crippen LogP contribution in [-0.4, -0.2) is 40.8 Å². The molecular formula is C23H23BrF3N3O2. The molecule has 170 valence electrons. The van der Waals surface area contributed by atoms with E-state index < -0.39 is 6.36 Å². The number of aliphatic imine (C=N–C) groups is 1. The standard InChI is InChI=1S/C23H23BrF3N3O2/c1-3-28-21-14-16(22(31)30-12-10-17(24)11-13-30)4-9-20(21)15(2)29-18-5-7-19(8-6-18)32-23(25,26)27/h3-9,14,17,28H,1,10-13H2,2H3. The lowest BCUT2D eigenvalue weighted by Gasteiger charge is -2.29. The number of ether oxygens (including phenoxy) is 1. The first-order valence-corrected chi connectivity index (χ1v) is 10.9. The number of hydrogen-bond acceptors (Lipinski definition) is 4. The smallest absolute Gasteiger partial charge is 0.406 e. The maximum absolute atomic E-state index is 12.9. The number of carbonyl (C=O) groups is 1. The molecule has 2 aromatic carbocycles. The van der Waals surface area contributed by atoms with Gasteiger partial charge in [-0.15, -0.1) is 13.2 Å². The molecule has 0 bridgehead atoms. The molecule has 0 radical (unpaired) electrons. The molecule has 1 N–H and O–H groups in total. The molecule has 1 heterocycles. The van der Waals surface area contributed by atoms with Gasteiger partial charge in [-0.05, 0) is 62.4 Å². The number of alkyl halides is 4.